The van der Waals surface area contributed by atoms with Gasteiger partial charge in [-0.1, -0.05) is 175 Å². The van der Waals surface area contributed by atoms with E-state index < -0.39 is 59.2 Å². The normalized spacial score (nSPS) is 18.1. The largest absolute Gasteiger partial charge is 0.347 e. The van der Waals surface area contributed by atoms with Gasteiger partial charge in [0.25, 0.3) is 11.8 Å². The van der Waals surface area contributed by atoms with Crippen LogP contribution in [-0.4, -0.2) is 119 Å². The molecule has 10 rings (SSSR count). The molecule has 2 aromatic heterocycles. The van der Waals surface area contributed by atoms with Crippen molar-refractivity contribution < 1.29 is 28.8 Å². The summed E-state index contributed by atoms with van der Waals surface area (Å²) < 4.78 is 0. The van der Waals surface area contributed by atoms with Gasteiger partial charge >= 0.3 is 0 Å². The van der Waals surface area contributed by atoms with Crippen LogP contribution in [0.15, 0.2) is 168 Å². The standard InChI is InChI=1S/C72H80N10O6S2/c1-43(73-9)63(83)79-61(71(3,4)5)69(87)81-39-51(37-59(81)67-77-57(41-89-67)55-27-19-17-25-53(55)47-21-13-11-14-22-47)75-65(85)49-33-29-45(30-34-49)46-31-35-50(36-32-46)66(86)76-52-38-60(82(40-52)70(88)62(72(6,7)8)80-64(84)44(2)74-10)68-78-58(42-90-68)56-28-20-18-26-54(56)48-23-15-12-16-24-48/h11-36,41-44,51-52,59-62,73-74H,37-40H2,1-10H3,(H,75,85)(H,76,86)(H,79,83)(H,80,84). The van der Waals surface area contributed by atoms with Crippen LogP contribution >= 0.6 is 22.7 Å². The maximum absolute atomic E-state index is 14.9. The molecule has 2 aliphatic heterocycles. The molecule has 466 valence electrons. The van der Waals surface area contributed by atoms with Gasteiger partial charge < -0.3 is 41.7 Å². The van der Waals surface area contributed by atoms with Crippen LogP contribution in [0.3, 0.4) is 0 Å². The molecule has 0 radical (unpaired) electrons. The van der Waals surface area contributed by atoms with Crippen LogP contribution in [0, 0.1) is 10.8 Å². The quantitative estimate of drug-likeness (QED) is 0.0452. The summed E-state index contributed by atoms with van der Waals surface area (Å²) in [7, 11) is 3.40. The van der Waals surface area contributed by atoms with Crippen LogP contribution in [0.25, 0.3) is 55.9 Å². The second-order valence-electron chi connectivity index (χ2n) is 25.6. The lowest BCUT2D eigenvalue weighted by Crippen LogP contribution is -2.57. The topological polar surface area (TPSA) is 207 Å². The number of hydrogen-bond acceptors (Lipinski definition) is 12. The molecule has 18 heteroatoms. The second-order valence-corrected chi connectivity index (χ2v) is 27.4. The molecule has 2 fully saturated rings. The second kappa shape index (κ2) is 27.6. The van der Waals surface area contributed by atoms with E-state index in [1.54, 1.807) is 62.0 Å². The molecule has 2 aliphatic rings. The Bertz CT molecular complexity index is 3610. The first kappa shape index (κ1) is 64.3. The van der Waals surface area contributed by atoms with Crippen molar-refractivity contribution in [1.82, 2.24) is 51.7 Å². The molecular weight excluding hydrogens is 1160 g/mol. The highest BCUT2D eigenvalue weighted by molar-refractivity contribution is 7.10. The highest BCUT2D eigenvalue weighted by Gasteiger charge is 2.46. The predicted octanol–water partition coefficient (Wildman–Crippen LogP) is 11.4. The fraction of sp³-hybridized carbons (Fsp3) is 0.333. The van der Waals surface area contributed by atoms with Gasteiger partial charge in [-0.15, -0.1) is 22.7 Å². The minimum atomic E-state index is -0.865. The van der Waals surface area contributed by atoms with Gasteiger partial charge in [-0.3, -0.25) is 28.8 Å². The summed E-state index contributed by atoms with van der Waals surface area (Å²) >= 11 is 2.95. The van der Waals surface area contributed by atoms with E-state index in [4.69, 9.17) is 9.97 Å². The van der Waals surface area contributed by atoms with Gasteiger partial charge in [0.2, 0.25) is 23.6 Å². The number of aromatic nitrogens is 2. The number of amides is 6. The zero-order valence-electron chi connectivity index (χ0n) is 52.7. The van der Waals surface area contributed by atoms with Crippen LogP contribution < -0.4 is 31.9 Å². The van der Waals surface area contributed by atoms with Gasteiger partial charge in [-0.2, -0.15) is 0 Å². The number of nitrogens with zero attached hydrogens (tertiary/aromatic N) is 4. The Morgan fingerprint density at radius 2 is 0.789 bits per heavy atom. The van der Waals surface area contributed by atoms with Crippen molar-refractivity contribution in [1.29, 1.82) is 0 Å². The van der Waals surface area contributed by atoms with Gasteiger partial charge in [0.05, 0.1) is 35.6 Å². The van der Waals surface area contributed by atoms with Crippen LogP contribution in [0.4, 0.5) is 0 Å². The number of thiazole rings is 2. The molecule has 90 heavy (non-hydrogen) atoms. The van der Waals surface area contributed by atoms with Gasteiger partial charge in [0.1, 0.15) is 22.1 Å². The molecule has 6 N–H and O–H groups in total. The van der Waals surface area contributed by atoms with E-state index in [1.165, 1.54) is 22.7 Å². The van der Waals surface area contributed by atoms with Crippen molar-refractivity contribution in [2.24, 2.45) is 10.8 Å². The van der Waals surface area contributed by atoms with Gasteiger partial charge in [-0.05, 0) is 109 Å². The van der Waals surface area contributed by atoms with Crippen molar-refractivity contribution in [2.45, 2.75) is 117 Å². The number of likely N-dealkylation sites (tertiary alicyclic amines) is 2. The molecule has 0 bridgehead atoms. The molecule has 2 saturated heterocycles. The SMILES string of the molecule is CNC(C)C(=O)NC(C(=O)N1CC(NC(=O)c2ccc(-c3ccc(C(=O)NC4CC(c5nc(-c6ccccc6-c6ccccc6)cs5)N(C(=O)C(NC(=O)C(C)NC)C(C)(C)C)C4)cc3)cc2)CC1c1nc(-c2ccccc2-c2ccccc2)cs1)C(C)(C)C. The first-order valence-corrected chi connectivity index (χ1v) is 32.4. The lowest BCUT2D eigenvalue weighted by molar-refractivity contribution is -0.140. The van der Waals surface area contributed by atoms with E-state index in [0.717, 1.165) is 65.9 Å². The molecule has 0 aliphatic carbocycles. The maximum Gasteiger partial charge on any atom is 0.251 e. The number of carbonyl (C=O) groups excluding carboxylic acids is 6. The summed E-state index contributed by atoms with van der Waals surface area (Å²) in [5.41, 5.74) is 8.94. The minimum Gasteiger partial charge on any atom is -0.347 e. The monoisotopic (exact) mass is 1240 g/mol. The summed E-state index contributed by atoms with van der Waals surface area (Å²) in [5, 5.41) is 24.0. The Labute approximate surface area is 535 Å². The van der Waals surface area contributed by atoms with Crippen molar-refractivity contribution in [3.63, 3.8) is 0 Å². The first-order chi connectivity index (χ1) is 43.1. The van der Waals surface area contributed by atoms with E-state index in [-0.39, 0.29) is 48.5 Å². The Balaban J connectivity index is 0.838. The van der Waals surface area contributed by atoms with E-state index in [2.05, 4.69) is 80.4 Å². The van der Waals surface area contributed by atoms with E-state index >= 15 is 0 Å². The molecule has 8 atom stereocenters. The zero-order chi connectivity index (χ0) is 64.0. The Morgan fingerprint density at radius 3 is 1.12 bits per heavy atom. The van der Waals surface area contributed by atoms with Crippen LogP contribution in [0.5, 0.6) is 0 Å². The Hall–Kier alpha value is -8.68. The first-order valence-electron chi connectivity index (χ1n) is 30.7. The molecule has 6 amide bonds. The third-order valence-corrected chi connectivity index (χ3v) is 19.0. The van der Waals surface area contributed by atoms with E-state index in [0.29, 0.717) is 24.0 Å². The van der Waals surface area contributed by atoms with Crippen molar-refractivity contribution in [3.05, 3.63) is 190 Å². The van der Waals surface area contributed by atoms with Crippen molar-refractivity contribution in [2.75, 3.05) is 27.2 Å². The molecule has 8 aromatic rings. The summed E-state index contributed by atoms with van der Waals surface area (Å²) in [6.07, 6.45) is 0.813. The minimum absolute atomic E-state index is 0.205. The fourth-order valence-corrected chi connectivity index (χ4v) is 13.6. The highest BCUT2D eigenvalue weighted by atomic mass is 32.1. The smallest absolute Gasteiger partial charge is 0.251 e. The molecule has 16 nitrogen and oxygen atoms in total. The summed E-state index contributed by atoms with van der Waals surface area (Å²) in [5.74, 6) is -1.69. The lowest BCUT2D eigenvalue weighted by Gasteiger charge is -2.36. The van der Waals surface area contributed by atoms with Gasteiger partial charge in [0.15, 0.2) is 0 Å². The summed E-state index contributed by atoms with van der Waals surface area (Å²) in [4.78, 5) is 98.9. The molecule has 0 spiro atoms. The zero-order valence-corrected chi connectivity index (χ0v) is 54.3. The van der Waals surface area contributed by atoms with E-state index in [1.807, 2.05) is 137 Å². The Kier molecular flexibility index (Phi) is 19.7. The maximum atomic E-state index is 14.9. The van der Waals surface area contributed by atoms with Crippen LogP contribution in [0.1, 0.15) is 111 Å². The number of benzene rings is 6. The molecule has 8 unspecified atom stereocenters. The fourth-order valence-electron chi connectivity index (χ4n) is 11.7. The summed E-state index contributed by atoms with van der Waals surface area (Å²) in [6, 6.07) is 46.4. The molecule has 4 heterocycles. The van der Waals surface area contributed by atoms with Crippen LogP contribution in [0.2, 0.25) is 0 Å². The number of rotatable bonds is 19. The Morgan fingerprint density at radius 1 is 0.456 bits per heavy atom. The van der Waals surface area contributed by atoms with E-state index in [9.17, 15) is 28.8 Å². The number of hydrogen-bond donors (Lipinski definition) is 6. The van der Waals surface area contributed by atoms with Crippen molar-refractivity contribution >= 4 is 58.1 Å². The third kappa shape index (κ3) is 14.5. The number of nitrogens with one attached hydrogen (secondary N) is 6. The highest BCUT2D eigenvalue weighted by Crippen LogP contribution is 2.42. The van der Waals surface area contributed by atoms with Crippen molar-refractivity contribution in [3.8, 4) is 55.9 Å². The lowest BCUT2D eigenvalue weighted by atomic mass is 9.85. The van der Waals surface area contributed by atoms with Gasteiger partial charge in [0, 0.05) is 58.2 Å². The van der Waals surface area contributed by atoms with Crippen LogP contribution in [-0.2, 0) is 19.2 Å². The number of likely N-dealkylation sites (N-methyl/N-ethyl adjacent to an activating group) is 2. The average molecular weight is 1250 g/mol. The summed E-state index contributed by atoms with van der Waals surface area (Å²) in [6.45, 7) is 15.5. The molecule has 6 aromatic carbocycles. The third-order valence-electron chi connectivity index (χ3n) is 17.1. The number of carbonyl (C=O) groups is 6. The molecular formula is C72H80N10O6S2. The molecule has 0 saturated carbocycles. The average Bonchev–Trinajstić information content (AvgIpc) is 1.78. The van der Waals surface area contributed by atoms with Gasteiger partial charge in [-0.25, -0.2) is 9.97 Å². The predicted molar refractivity (Wildman–Crippen MR) is 358 cm³/mol.